The van der Waals surface area contributed by atoms with E-state index < -0.39 is 0 Å². The summed E-state index contributed by atoms with van der Waals surface area (Å²) in [5.74, 6) is 0.254. The summed E-state index contributed by atoms with van der Waals surface area (Å²) in [6.07, 6.45) is 9.30. The summed E-state index contributed by atoms with van der Waals surface area (Å²) in [7, 11) is 0. The van der Waals surface area contributed by atoms with Crippen molar-refractivity contribution < 1.29 is 4.79 Å². The van der Waals surface area contributed by atoms with Gasteiger partial charge < -0.3 is 11.1 Å². The molecular weight excluding hydrogens is 188 g/mol. The number of rotatable bonds is 4. The Morgan fingerprint density at radius 3 is 2.93 bits per heavy atom. The number of amides is 1. The minimum Gasteiger partial charge on any atom is -0.355 e. The molecule has 15 heavy (non-hydrogen) atoms. The van der Waals surface area contributed by atoms with Crippen LogP contribution in [0.3, 0.4) is 0 Å². The molecule has 2 unspecified atom stereocenters. The Morgan fingerprint density at radius 2 is 2.33 bits per heavy atom. The first-order chi connectivity index (χ1) is 7.27. The molecule has 1 fully saturated rings. The predicted octanol–water partition coefficient (Wildman–Crippen LogP) is 1.34. The van der Waals surface area contributed by atoms with Gasteiger partial charge >= 0.3 is 0 Å². The molecule has 0 bridgehead atoms. The molecule has 0 spiro atoms. The smallest absolute Gasteiger partial charge is 0.224 e. The predicted molar refractivity (Wildman–Crippen MR) is 60.3 cm³/mol. The Kier molecular flexibility index (Phi) is 3.41. The third-order valence-corrected chi connectivity index (χ3v) is 3.31. The second kappa shape index (κ2) is 4.79. The molecule has 3 nitrogen and oxygen atoms in total. The van der Waals surface area contributed by atoms with Gasteiger partial charge in [-0.3, -0.25) is 4.79 Å². The summed E-state index contributed by atoms with van der Waals surface area (Å²) >= 11 is 0. The molecule has 3 heteroatoms. The summed E-state index contributed by atoms with van der Waals surface area (Å²) in [6.45, 7) is 0.786. The zero-order chi connectivity index (χ0) is 10.7. The lowest BCUT2D eigenvalue weighted by atomic mass is 9.97. The van der Waals surface area contributed by atoms with Crippen molar-refractivity contribution in [2.75, 3.05) is 6.54 Å². The van der Waals surface area contributed by atoms with E-state index in [-0.39, 0.29) is 17.9 Å². The highest BCUT2D eigenvalue weighted by molar-refractivity contribution is 5.82. The molecule has 0 aromatic carbocycles. The van der Waals surface area contributed by atoms with E-state index in [9.17, 15) is 4.79 Å². The minimum absolute atomic E-state index is 0.102. The van der Waals surface area contributed by atoms with Crippen molar-refractivity contribution >= 4 is 5.91 Å². The van der Waals surface area contributed by atoms with Gasteiger partial charge in [-0.2, -0.15) is 0 Å². The fraction of sp³-hybridized carbons (Fsp3) is 0.750. The number of nitrogens with one attached hydrogen (secondary N) is 1. The molecule has 2 aliphatic carbocycles. The van der Waals surface area contributed by atoms with E-state index in [4.69, 9.17) is 5.73 Å². The van der Waals surface area contributed by atoms with Crippen molar-refractivity contribution in [3.63, 3.8) is 0 Å². The first kappa shape index (κ1) is 10.7. The molecule has 0 saturated heterocycles. The third kappa shape index (κ3) is 3.06. The van der Waals surface area contributed by atoms with Crippen LogP contribution >= 0.6 is 0 Å². The van der Waals surface area contributed by atoms with Crippen molar-refractivity contribution in [3.05, 3.63) is 11.6 Å². The van der Waals surface area contributed by atoms with E-state index in [0.29, 0.717) is 0 Å². The molecule has 0 aromatic heterocycles. The molecular formula is C12H20N2O. The minimum atomic E-state index is 0.102. The highest BCUT2D eigenvalue weighted by Crippen LogP contribution is 2.27. The maximum Gasteiger partial charge on any atom is 0.224 e. The number of hydrogen-bond donors (Lipinski definition) is 2. The molecule has 84 valence electrons. The van der Waals surface area contributed by atoms with Gasteiger partial charge in [0.25, 0.3) is 0 Å². The zero-order valence-corrected chi connectivity index (χ0v) is 9.17. The molecule has 0 aromatic rings. The lowest BCUT2D eigenvalue weighted by molar-refractivity contribution is -0.122. The normalized spacial score (nSPS) is 29.5. The van der Waals surface area contributed by atoms with E-state index in [1.165, 1.54) is 31.3 Å². The fourth-order valence-electron chi connectivity index (χ4n) is 2.13. The van der Waals surface area contributed by atoms with Gasteiger partial charge in [-0.25, -0.2) is 0 Å². The van der Waals surface area contributed by atoms with Crippen LogP contribution in [0, 0.1) is 5.92 Å². The van der Waals surface area contributed by atoms with Gasteiger partial charge in [0.05, 0.1) is 5.92 Å². The highest BCUT2D eigenvalue weighted by atomic mass is 16.2. The van der Waals surface area contributed by atoms with Gasteiger partial charge in [0.2, 0.25) is 5.91 Å². The van der Waals surface area contributed by atoms with Gasteiger partial charge in [0.1, 0.15) is 0 Å². The topological polar surface area (TPSA) is 55.1 Å². The second-order valence-corrected chi connectivity index (χ2v) is 4.66. The molecule has 0 aliphatic heterocycles. The lowest BCUT2D eigenvalue weighted by Crippen LogP contribution is -2.28. The number of carbonyl (C=O) groups excluding carboxylic acids is 1. The van der Waals surface area contributed by atoms with Crippen LogP contribution in [0.15, 0.2) is 11.6 Å². The van der Waals surface area contributed by atoms with Crippen molar-refractivity contribution in [1.82, 2.24) is 5.32 Å². The average Bonchev–Trinajstić information content (AvgIpc) is 2.97. The van der Waals surface area contributed by atoms with Gasteiger partial charge in [-0.05, 0) is 38.5 Å². The number of allylic oxidation sites excluding steroid dienone is 1. The summed E-state index contributed by atoms with van der Waals surface area (Å²) < 4.78 is 0. The summed E-state index contributed by atoms with van der Waals surface area (Å²) in [6, 6.07) is 0.124. The molecule has 2 atom stereocenters. The van der Waals surface area contributed by atoms with Crippen molar-refractivity contribution in [2.24, 2.45) is 11.7 Å². The van der Waals surface area contributed by atoms with Crippen molar-refractivity contribution in [1.29, 1.82) is 0 Å². The molecule has 0 heterocycles. The van der Waals surface area contributed by atoms with Crippen molar-refractivity contribution in [2.45, 2.75) is 44.6 Å². The van der Waals surface area contributed by atoms with Crippen LogP contribution in [0.1, 0.15) is 38.5 Å². The van der Waals surface area contributed by atoms with Gasteiger partial charge in [0.15, 0.2) is 0 Å². The Hall–Kier alpha value is -0.830. The van der Waals surface area contributed by atoms with E-state index in [1.807, 2.05) is 0 Å². The second-order valence-electron chi connectivity index (χ2n) is 4.66. The van der Waals surface area contributed by atoms with Gasteiger partial charge in [-0.1, -0.05) is 11.6 Å². The summed E-state index contributed by atoms with van der Waals surface area (Å²) in [4.78, 5) is 11.4. The standard InChI is InChI=1S/C12H20N2O/c13-11-8-10(11)12(15)14-7-6-9-4-2-1-3-5-9/h4,10-11H,1-3,5-8,13H2,(H,14,15). The van der Waals surface area contributed by atoms with Crippen LogP contribution in [0.25, 0.3) is 0 Å². The lowest BCUT2D eigenvalue weighted by Gasteiger charge is -2.12. The van der Waals surface area contributed by atoms with Gasteiger partial charge in [0, 0.05) is 12.6 Å². The number of carbonyl (C=O) groups is 1. The summed E-state index contributed by atoms with van der Waals surface area (Å²) in [5, 5.41) is 2.96. The molecule has 1 amide bonds. The SMILES string of the molecule is NC1CC1C(=O)NCCC1=CCCCC1. The van der Waals surface area contributed by atoms with Gasteiger partial charge in [-0.15, -0.1) is 0 Å². The summed E-state index contributed by atoms with van der Waals surface area (Å²) in [5.41, 5.74) is 7.13. The third-order valence-electron chi connectivity index (χ3n) is 3.31. The zero-order valence-electron chi connectivity index (χ0n) is 9.17. The highest BCUT2D eigenvalue weighted by Gasteiger charge is 2.39. The van der Waals surface area contributed by atoms with E-state index in [2.05, 4.69) is 11.4 Å². The maximum absolute atomic E-state index is 11.4. The van der Waals surface area contributed by atoms with Crippen LogP contribution in [-0.4, -0.2) is 18.5 Å². The van der Waals surface area contributed by atoms with Crippen LogP contribution in [0.4, 0.5) is 0 Å². The van der Waals surface area contributed by atoms with E-state index in [1.54, 1.807) is 0 Å². The van der Waals surface area contributed by atoms with E-state index >= 15 is 0 Å². The van der Waals surface area contributed by atoms with Crippen LogP contribution in [0.2, 0.25) is 0 Å². The van der Waals surface area contributed by atoms with Crippen LogP contribution in [0.5, 0.6) is 0 Å². The first-order valence-corrected chi connectivity index (χ1v) is 5.98. The van der Waals surface area contributed by atoms with Crippen LogP contribution < -0.4 is 11.1 Å². The Bertz CT molecular complexity index is 273. The van der Waals surface area contributed by atoms with Crippen LogP contribution in [-0.2, 0) is 4.79 Å². The fourth-order valence-corrected chi connectivity index (χ4v) is 2.13. The molecule has 2 aliphatic rings. The molecule has 1 saturated carbocycles. The Morgan fingerprint density at radius 1 is 1.53 bits per heavy atom. The number of nitrogens with two attached hydrogens (primary N) is 1. The first-order valence-electron chi connectivity index (χ1n) is 5.98. The van der Waals surface area contributed by atoms with E-state index in [0.717, 1.165) is 19.4 Å². The molecule has 2 rings (SSSR count). The maximum atomic E-state index is 11.4. The Labute approximate surface area is 91.1 Å². The Balaban J connectivity index is 1.62. The number of hydrogen-bond acceptors (Lipinski definition) is 2. The quantitative estimate of drug-likeness (QED) is 0.685. The largest absolute Gasteiger partial charge is 0.355 e. The average molecular weight is 208 g/mol. The molecule has 0 radical (unpaired) electrons. The monoisotopic (exact) mass is 208 g/mol. The molecule has 3 N–H and O–H groups in total. The van der Waals surface area contributed by atoms with Crippen molar-refractivity contribution in [3.8, 4) is 0 Å².